The molecule has 1 saturated heterocycles. The molecule has 0 spiro atoms. The van der Waals surface area contributed by atoms with Crippen LogP contribution in [0.25, 0.3) is 6.08 Å². The van der Waals surface area contributed by atoms with Gasteiger partial charge in [0.15, 0.2) is 5.11 Å². The maximum Gasteiger partial charge on any atom is 0.276 e. The fourth-order valence-corrected chi connectivity index (χ4v) is 2.64. The van der Waals surface area contributed by atoms with Gasteiger partial charge in [0.05, 0.1) is 4.92 Å². The lowest BCUT2D eigenvalue weighted by Gasteiger charge is -2.11. The lowest BCUT2D eigenvalue weighted by Crippen LogP contribution is -2.32. The topological polar surface area (TPSA) is 75.5 Å². The molecule has 0 atom stereocenters. The van der Waals surface area contributed by atoms with E-state index in [0.717, 1.165) is 12.8 Å². The van der Waals surface area contributed by atoms with Gasteiger partial charge in [-0.1, -0.05) is 11.6 Å². The zero-order chi connectivity index (χ0) is 15.1. The number of nitrogens with zero attached hydrogens (tertiary/aromatic N) is 2. The van der Waals surface area contributed by atoms with Crippen LogP contribution < -0.4 is 5.32 Å². The minimum atomic E-state index is -0.511. The van der Waals surface area contributed by atoms with Crippen molar-refractivity contribution in [3.63, 3.8) is 0 Å². The molecular formula is C13H10ClN3O3S. The number of hydrogen-bond donors (Lipinski definition) is 1. The van der Waals surface area contributed by atoms with E-state index in [0.29, 0.717) is 15.7 Å². The molecule has 1 aliphatic carbocycles. The third-order valence-corrected chi connectivity index (χ3v) is 3.95. The highest BCUT2D eigenvalue weighted by Gasteiger charge is 2.41. The van der Waals surface area contributed by atoms with Crippen molar-refractivity contribution in [2.75, 3.05) is 0 Å². The van der Waals surface area contributed by atoms with Crippen LogP contribution in [0.1, 0.15) is 18.4 Å². The van der Waals surface area contributed by atoms with Crippen molar-refractivity contribution in [2.24, 2.45) is 0 Å². The highest BCUT2D eigenvalue weighted by atomic mass is 35.5. The molecule has 1 amide bonds. The zero-order valence-electron chi connectivity index (χ0n) is 10.7. The smallest absolute Gasteiger partial charge is 0.276 e. The number of halogens is 1. The second-order valence-electron chi connectivity index (χ2n) is 4.86. The highest BCUT2D eigenvalue weighted by Crippen LogP contribution is 2.31. The van der Waals surface area contributed by atoms with Gasteiger partial charge in [-0.15, -0.1) is 0 Å². The van der Waals surface area contributed by atoms with Crippen molar-refractivity contribution in [2.45, 2.75) is 18.9 Å². The van der Waals surface area contributed by atoms with Gasteiger partial charge in [0.2, 0.25) is 0 Å². The number of rotatable bonds is 3. The van der Waals surface area contributed by atoms with Gasteiger partial charge in [-0.2, -0.15) is 0 Å². The number of carbonyl (C=O) groups excluding carboxylic acids is 1. The number of non-ortho nitro benzene ring substituents is 1. The molecule has 1 heterocycles. The molecule has 0 aromatic heterocycles. The fourth-order valence-electron chi connectivity index (χ4n) is 2.12. The average Bonchev–Trinajstić information content (AvgIpc) is 3.20. The Morgan fingerprint density at radius 3 is 2.81 bits per heavy atom. The van der Waals surface area contributed by atoms with E-state index in [9.17, 15) is 14.9 Å². The molecule has 0 unspecified atom stereocenters. The normalized spacial score (nSPS) is 20.0. The molecule has 2 fully saturated rings. The molecular weight excluding hydrogens is 314 g/mol. The summed E-state index contributed by atoms with van der Waals surface area (Å²) in [7, 11) is 0. The van der Waals surface area contributed by atoms with E-state index in [1.54, 1.807) is 4.90 Å². The molecule has 2 aliphatic rings. The van der Waals surface area contributed by atoms with Crippen LogP contribution in [0.4, 0.5) is 5.69 Å². The third kappa shape index (κ3) is 2.62. The Morgan fingerprint density at radius 1 is 1.48 bits per heavy atom. The van der Waals surface area contributed by atoms with Crippen LogP contribution in [-0.2, 0) is 4.79 Å². The molecule has 1 aromatic rings. The van der Waals surface area contributed by atoms with Crippen LogP contribution in [0.3, 0.4) is 0 Å². The van der Waals surface area contributed by atoms with Crippen molar-refractivity contribution >= 4 is 46.6 Å². The van der Waals surface area contributed by atoms with Crippen molar-refractivity contribution in [3.05, 3.63) is 44.6 Å². The molecule has 1 saturated carbocycles. The van der Waals surface area contributed by atoms with Crippen LogP contribution in [0.5, 0.6) is 0 Å². The number of thiocarbonyl (C=S) groups is 1. The van der Waals surface area contributed by atoms with E-state index in [1.807, 2.05) is 0 Å². The second-order valence-corrected chi connectivity index (χ2v) is 5.65. The molecule has 21 heavy (non-hydrogen) atoms. The van der Waals surface area contributed by atoms with Crippen molar-refractivity contribution in [1.82, 2.24) is 10.2 Å². The quantitative estimate of drug-likeness (QED) is 0.400. The van der Waals surface area contributed by atoms with Gasteiger partial charge in [0, 0.05) is 28.8 Å². The first-order valence-electron chi connectivity index (χ1n) is 6.27. The van der Waals surface area contributed by atoms with E-state index < -0.39 is 4.92 Å². The molecule has 3 rings (SSSR count). The van der Waals surface area contributed by atoms with E-state index in [4.69, 9.17) is 23.8 Å². The van der Waals surface area contributed by atoms with Crippen molar-refractivity contribution in [3.8, 4) is 0 Å². The summed E-state index contributed by atoms with van der Waals surface area (Å²) < 4.78 is 0. The molecule has 108 valence electrons. The van der Waals surface area contributed by atoms with Gasteiger partial charge in [0.25, 0.3) is 11.6 Å². The fraction of sp³-hybridized carbons (Fsp3) is 0.231. The summed E-state index contributed by atoms with van der Waals surface area (Å²) in [5.41, 5.74) is 0.606. The van der Waals surface area contributed by atoms with Gasteiger partial charge in [0.1, 0.15) is 5.70 Å². The Kier molecular flexibility index (Phi) is 3.38. The molecule has 1 aliphatic heterocycles. The summed E-state index contributed by atoms with van der Waals surface area (Å²) in [4.78, 5) is 24.1. The predicted octanol–water partition coefficient (Wildman–Crippen LogP) is 2.47. The summed E-state index contributed by atoms with van der Waals surface area (Å²) in [5.74, 6) is -0.218. The molecule has 1 aromatic carbocycles. The largest absolute Gasteiger partial charge is 0.328 e. The predicted molar refractivity (Wildman–Crippen MR) is 81.7 cm³/mol. The number of amides is 1. The van der Waals surface area contributed by atoms with Gasteiger partial charge in [-0.25, -0.2) is 0 Å². The van der Waals surface area contributed by atoms with Gasteiger partial charge < -0.3 is 5.32 Å². The number of nitro groups is 1. The van der Waals surface area contributed by atoms with Crippen LogP contribution in [0.2, 0.25) is 5.02 Å². The van der Waals surface area contributed by atoms with Gasteiger partial charge >= 0.3 is 0 Å². The summed E-state index contributed by atoms with van der Waals surface area (Å²) >= 11 is 11.2. The standard InChI is InChI=1S/C13H10ClN3O3S/c14-10-4-3-9(17(19)20)5-7(10)6-11-12(18)16(8-1-2-8)13(21)15-11/h3-6,8H,1-2H2,(H,15,21)/b11-6+. The third-order valence-electron chi connectivity index (χ3n) is 3.31. The Balaban J connectivity index is 1.95. The highest BCUT2D eigenvalue weighted by molar-refractivity contribution is 7.80. The Hall–Kier alpha value is -1.99. The lowest BCUT2D eigenvalue weighted by molar-refractivity contribution is -0.384. The number of benzene rings is 1. The monoisotopic (exact) mass is 323 g/mol. The molecule has 0 bridgehead atoms. The molecule has 1 N–H and O–H groups in total. The van der Waals surface area contributed by atoms with Gasteiger partial charge in [-0.05, 0) is 37.2 Å². The van der Waals surface area contributed by atoms with Crippen LogP contribution in [0.15, 0.2) is 23.9 Å². The summed E-state index contributed by atoms with van der Waals surface area (Å²) in [6.45, 7) is 0. The first kappa shape index (κ1) is 14.0. The number of hydrogen-bond acceptors (Lipinski definition) is 4. The summed E-state index contributed by atoms with van der Waals surface area (Å²) in [6, 6.07) is 4.24. The van der Waals surface area contributed by atoms with E-state index in [-0.39, 0.29) is 23.3 Å². The van der Waals surface area contributed by atoms with E-state index >= 15 is 0 Å². The lowest BCUT2D eigenvalue weighted by atomic mass is 10.1. The Morgan fingerprint density at radius 2 is 2.19 bits per heavy atom. The summed E-state index contributed by atoms with van der Waals surface area (Å²) in [5, 5.41) is 14.3. The second kappa shape index (κ2) is 5.09. The van der Waals surface area contributed by atoms with Crippen molar-refractivity contribution in [1.29, 1.82) is 0 Å². The number of nitrogens with one attached hydrogen (secondary N) is 1. The number of carbonyl (C=O) groups is 1. The SMILES string of the molecule is O=C1/C(=C\c2cc([N+](=O)[O-])ccc2Cl)NC(=S)N1C1CC1. The van der Waals surface area contributed by atoms with Crippen molar-refractivity contribution < 1.29 is 9.72 Å². The molecule has 6 nitrogen and oxygen atoms in total. The van der Waals surface area contributed by atoms with Crippen LogP contribution in [0, 0.1) is 10.1 Å². The number of nitro benzene ring substituents is 1. The van der Waals surface area contributed by atoms with Crippen LogP contribution in [-0.4, -0.2) is 26.9 Å². The Bertz CT molecular complexity index is 700. The maximum absolute atomic E-state index is 12.3. The van der Waals surface area contributed by atoms with E-state index in [2.05, 4.69) is 5.32 Å². The Labute approximate surface area is 130 Å². The molecule has 0 radical (unpaired) electrons. The summed E-state index contributed by atoms with van der Waals surface area (Å²) in [6.07, 6.45) is 3.38. The minimum Gasteiger partial charge on any atom is -0.328 e. The van der Waals surface area contributed by atoms with Crippen LogP contribution >= 0.6 is 23.8 Å². The minimum absolute atomic E-state index is 0.0849. The molecule has 8 heteroatoms. The first-order chi connectivity index (χ1) is 9.97. The average molecular weight is 324 g/mol. The first-order valence-corrected chi connectivity index (χ1v) is 7.06. The maximum atomic E-state index is 12.3. The zero-order valence-corrected chi connectivity index (χ0v) is 12.3. The van der Waals surface area contributed by atoms with E-state index in [1.165, 1.54) is 24.3 Å². The van der Waals surface area contributed by atoms with Gasteiger partial charge in [-0.3, -0.25) is 19.8 Å².